The molecule has 3 aromatic rings. The van der Waals surface area contributed by atoms with Gasteiger partial charge in [0.05, 0.1) is 25.8 Å². The van der Waals surface area contributed by atoms with Gasteiger partial charge in [-0.15, -0.1) is 0 Å². The van der Waals surface area contributed by atoms with Crippen LogP contribution in [0.1, 0.15) is 25.3 Å². The van der Waals surface area contributed by atoms with Gasteiger partial charge >= 0.3 is 0 Å². The molecule has 1 saturated heterocycles. The van der Waals surface area contributed by atoms with Crippen LogP contribution in [0.5, 0.6) is 11.5 Å². The van der Waals surface area contributed by atoms with Gasteiger partial charge in [-0.25, -0.2) is 4.39 Å². The molecule has 1 aliphatic rings. The molecule has 192 valence electrons. The van der Waals surface area contributed by atoms with Gasteiger partial charge in [0.15, 0.2) is 5.11 Å². The molecule has 0 radical (unpaired) electrons. The van der Waals surface area contributed by atoms with Gasteiger partial charge in [-0.1, -0.05) is 25.1 Å². The highest BCUT2D eigenvalue weighted by Gasteiger charge is 2.44. The second-order valence-electron chi connectivity index (χ2n) is 8.51. The second-order valence-corrected chi connectivity index (χ2v) is 8.88. The molecule has 0 saturated carbocycles. The predicted octanol–water partition coefficient (Wildman–Crippen LogP) is 5.15. The van der Waals surface area contributed by atoms with Crippen LogP contribution in [0.4, 0.5) is 15.8 Å². The summed E-state index contributed by atoms with van der Waals surface area (Å²) in [5.41, 5.74) is 1.50. The molecule has 4 rings (SSSR count). The average molecular weight is 522 g/mol. The lowest BCUT2D eigenvalue weighted by atomic mass is 10.1. The maximum atomic E-state index is 14.5. The van der Waals surface area contributed by atoms with Gasteiger partial charge in [0, 0.05) is 17.8 Å². The molecule has 1 atom stereocenters. The van der Waals surface area contributed by atoms with Gasteiger partial charge in [-0.05, 0) is 73.2 Å². The fraction of sp³-hybridized carbons (Fsp3) is 0.250. The molecule has 7 nitrogen and oxygen atoms in total. The van der Waals surface area contributed by atoms with Crippen LogP contribution in [-0.2, 0) is 16.1 Å². The summed E-state index contributed by atoms with van der Waals surface area (Å²) in [6, 6.07) is 19.3. The standard InChI is InChI=1S/C28H28FN3O4S/c1-3-16-36-23-12-8-20(9-13-23)30-26(33)17-25-27(34)32(21-10-14-22(35-2)15-11-21)28(37)31(25)18-19-6-4-5-7-24(19)29/h4-15,25H,3,16-18H2,1-2H3,(H,30,33)/t25-/m1/s1. The zero-order chi connectivity index (χ0) is 26.4. The van der Waals surface area contributed by atoms with E-state index in [1.165, 1.54) is 11.0 Å². The first-order valence-corrected chi connectivity index (χ1v) is 12.4. The van der Waals surface area contributed by atoms with Crippen LogP contribution in [0.15, 0.2) is 72.8 Å². The molecule has 37 heavy (non-hydrogen) atoms. The number of ether oxygens (including phenoxy) is 2. The molecule has 0 unspecified atom stereocenters. The minimum absolute atomic E-state index is 0.0469. The van der Waals surface area contributed by atoms with Crippen LogP contribution >= 0.6 is 12.2 Å². The number of carbonyl (C=O) groups is 2. The number of amides is 2. The highest BCUT2D eigenvalue weighted by Crippen LogP contribution is 2.30. The zero-order valence-corrected chi connectivity index (χ0v) is 21.5. The van der Waals surface area contributed by atoms with Crippen LogP contribution in [-0.4, -0.2) is 41.6 Å². The summed E-state index contributed by atoms with van der Waals surface area (Å²) in [5, 5.41) is 3.03. The van der Waals surface area contributed by atoms with E-state index in [1.807, 2.05) is 6.92 Å². The molecule has 0 bridgehead atoms. The number of nitrogens with one attached hydrogen (secondary N) is 1. The number of methoxy groups -OCH3 is 1. The van der Waals surface area contributed by atoms with Crippen molar-refractivity contribution in [3.8, 4) is 11.5 Å². The molecule has 9 heteroatoms. The summed E-state index contributed by atoms with van der Waals surface area (Å²) >= 11 is 5.67. The fourth-order valence-electron chi connectivity index (χ4n) is 4.03. The Balaban J connectivity index is 1.55. The molecular weight excluding hydrogens is 493 g/mol. The Kier molecular flexibility index (Phi) is 8.35. The zero-order valence-electron chi connectivity index (χ0n) is 20.6. The van der Waals surface area contributed by atoms with E-state index >= 15 is 0 Å². The largest absolute Gasteiger partial charge is 0.497 e. The van der Waals surface area contributed by atoms with Gasteiger partial charge < -0.3 is 19.7 Å². The van der Waals surface area contributed by atoms with Crippen molar-refractivity contribution in [3.63, 3.8) is 0 Å². The molecular formula is C28H28FN3O4S. The molecule has 1 N–H and O–H groups in total. The van der Waals surface area contributed by atoms with Crippen LogP contribution < -0.4 is 19.7 Å². The Morgan fingerprint density at radius 3 is 2.35 bits per heavy atom. The molecule has 1 fully saturated rings. The van der Waals surface area contributed by atoms with E-state index in [1.54, 1.807) is 78.7 Å². The highest BCUT2D eigenvalue weighted by atomic mass is 32.1. The number of hydrogen-bond acceptors (Lipinski definition) is 5. The lowest BCUT2D eigenvalue weighted by Gasteiger charge is -2.24. The molecule has 3 aromatic carbocycles. The lowest BCUT2D eigenvalue weighted by Crippen LogP contribution is -2.37. The topological polar surface area (TPSA) is 71.1 Å². The van der Waals surface area contributed by atoms with Crippen LogP contribution in [0.25, 0.3) is 0 Å². The summed E-state index contributed by atoms with van der Waals surface area (Å²) in [4.78, 5) is 29.5. The summed E-state index contributed by atoms with van der Waals surface area (Å²) in [6.07, 6.45) is 0.737. The van der Waals surface area contributed by atoms with Crippen molar-refractivity contribution in [2.24, 2.45) is 0 Å². The second kappa shape index (κ2) is 11.8. The Bertz CT molecular complexity index is 1270. The summed E-state index contributed by atoms with van der Waals surface area (Å²) < 4.78 is 25.3. The Morgan fingerprint density at radius 2 is 1.70 bits per heavy atom. The Morgan fingerprint density at radius 1 is 1.03 bits per heavy atom. The van der Waals surface area contributed by atoms with Gasteiger partial charge in [0.2, 0.25) is 5.91 Å². The molecule has 2 amide bonds. The molecule has 0 aliphatic carbocycles. The maximum Gasteiger partial charge on any atom is 0.256 e. The third-order valence-electron chi connectivity index (χ3n) is 5.94. The Labute approximate surface area is 220 Å². The predicted molar refractivity (Wildman–Crippen MR) is 144 cm³/mol. The van der Waals surface area contributed by atoms with Gasteiger partial charge in [0.25, 0.3) is 5.91 Å². The lowest BCUT2D eigenvalue weighted by molar-refractivity contribution is -0.124. The van der Waals surface area contributed by atoms with Crippen molar-refractivity contribution < 1.29 is 23.5 Å². The van der Waals surface area contributed by atoms with Crippen molar-refractivity contribution in [3.05, 3.63) is 84.2 Å². The maximum absolute atomic E-state index is 14.5. The van der Waals surface area contributed by atoms with Gasteiger partial charge in [0.1, 0.15) is 23.4 Å². The van der Waals surface area contributed by atoms with Crippen LogP contribution in [0, 0.1) is 5.82 Å². The van der Waals surface area contributed by atoms with Crippen molar-refractivity contribution in [1.82, 2.24) is 4.90 Å². The minimum Gasteiger partial charge on any atom is -0.497 e. The van der Waals surface area contributed by atoms with Gasteiger partial charge in [-0.2, -0.15) is 0 Å². The molecule has 1 heterocycles. The van der Waals surface area contributed by atoms with E-state index < -0.39 is 11.9 Å². The number of hydrogen-bond donors (Lipinski definition) is 1. The third kappa shape index (κ3) is 6.06. The smallest absolute Gasteiger partial charge is 0.256 e. The van der Waals surface area contributed by atoms with Crippen LogP contribution in [0.2, 0.25) is 0 Å². The number of halogens is 1. The van der Waals surface area contributed by atoms with E-state index in [2.05, 4.69) is 5.32 Å². The van der Waals surface area contributed by atoms with E-state index in [0.29, 0.717) is 35.0 Å². The van der Waals surface area contributed by atoms with Crippen molar-refractivity contribution in [2.75, 3.05) is 23.9 Å². The van der Waals surface area contributed by atoms with E-state index in [9.17, 15) is 14.0 Å². The van der Waals surface area contributed by atoms with Crippen molar-refractivity contribution in [2.45, 2.75) is 32.4 Å². The molecule has 0 spiro atoms. The SMILES string of the molecule is CCCOc1ccc(NC(=O)C[C@@H]2C(=O)N(c3ccc(OC)cc3)C(=S)N2Cc2ccccc2F)cc1. The number of benzene rings is 3. The normalized spacial score (nSPS) is 15.2. The highest BCUT2D eigenvalue weighted by molar-refractivity contribution is 7.80. The summed E-state index contributed by atoms with van der Waals surface area (Å²) in [7, 11) is 1.55. The number of nitrogens with zero attached hydrogens (tertiary/aromatic N) is 2. The fourth-order valence-corrected chi connectivity index (χ4v) is 4.42. The van der Waals surface area contributed by atoms with E-state index in [-0.39, 0.29) is 29.9 Å². The van der Waals surface area contributed by atoms with Crippen molar-refractivity contribution in [1.29, 1.82) is 0 Å². The minimum atomic E-state index is -0.902. The first-order chi connectivity index (χ1) is 17.9. The first-order valence-electron chi connectivity index (χ1n) is 12.0. The van der Waals surface area contributed by atoms with Gasteiger partial charge in [-0.3, -0.25) is 14.5 Å². The van der Waals surface area contributed by atoms with Crippen molar-refractivity contribution >= 4 is 40.5 Å². The quantitative estimate of drug-likeness (QED) is 0.372. The number of anilines is 2. The third-order valence-corrected chi connectivity index (χ3v) is 6.35. The summed E-state index contributed by atoms with van der Waals surface area (Å²) in [6.45, 7) is 2.68. The number of rotatable bonds is 10. The number of thiocarbonyl (C=S) groups is 1. The monoisotopic (exact) mass is 521 g/mol. The molecule has 1 aliphatic heterocycles. The average Bonchev–Trinajstić information content (AvgIpc) is 3.13. The summed E-state index contributed by atoms with van der Waals surface area (Å²) in [5.74, 6) is 0.214. The Hall–Kier alpha value is -3.98. The number of carbonyl (C=O) groups excluding carboxylic acids is 2. The van der Waals surface area contributed by atoms with Crippen LogP contribution in [0.3, 0.4) is 0 Å². The van der Waals surface area contributed by atoms with E-state index in [4.69, 9.17) is 21.7 Å². The van der Waals surface area contributed by atoms with E-state index in [0.717, 1.165) is 6.42 Å². The molecule has 0 aromatic heterocycles. The first kappa shape index (κ1) is 26.1.